The third kappa shape index (κ3) is 4.08. The van der Waals surface area contributed by atoms with Crippen LogP contribution in [0.1, 0.15) is 11.1 Å². The van der Waals surface area contributed by atoms with Crippen LogP contribution in [0.15, 0.2) is 52.4 Å². The van der Waals surface area contributed by atoms with Crippen molar-refractivity contribution in [3.8, 4) is 0 Å². The second-order valence-corrected chi connectivity index (χ2v) is 7.43. The van der Waals surface area contributed by atoms with Gasteiger partial charge in [-0.3, -0.25) is 0 Å². The van der Waals surface area contributed by atoms with Gasteiger partial charge in [-0.25, -0.2) is 22.0 Å². The van der Waals surface area contributed by atoms with E-state index in [-0.39, 0.29) is 10.6 Å². The first-order chi connectivity index (χ1) is 12.2. The molecule has 8 heteroatoms. The molecule has 5 nitrogen and oxygen atoms in total. The Labute approximate surface area is 150 Å². The summed E-state index contributed by atoms with van der Waals surface area (Å²) in [6, 6.07) is 7.73. The van der Waals surface area contributed by atoms with Gasteiger partial charge in [-0.15, -0.1) is 0 Å². The molecule has 26 heavy (non-hydrogen) atoms. The molecule has 0 aliphatic carbocycles. The normalized spacial score (nSPS) is 12.0. The summed E-state index contributed by atoms with van der Waals surface area (Å²) in [4.78, 5) is 11.3. The first kappa shape index (κ1) is 19.6. The highest BCUT2D eigenvalue weighted by Gasteiger charge is 2.29. The number of carbonyl (C=O) groups excluding carboxylic acids is 1. The maximum atomic E-state index is 13.3. The average Bonchev–Trinajstić information content (AvgIpc) is 2.59. The molecule has 0 spiro atoms. The minimum atomic E-state index is -4.20. The Morgan fingerprint density at radius 2 is 1.77 bits per heavy atom. The fraction of sp³-hybridized carbons (Fsp3) is 0.167. The van der Waals surface area contributed by atoms with Crippen molar-refractivity contribution in [1.82, 2.24) is 0 Å². The third-order valence-electron chi connectivity index (χ3n) is 3.60. The standard InChI is InChI=1S/C18H17F2NO4S/c1-11-4-5-12(2)16(8-11)26(23,24)17(18(22)25-3)10-21-13-6-7-14(19)15(20)9-13/h4-10,21H,1-3H3. The molecular formula is C18H17F2NO4S. The quantitative estimate of drug-likeness (QED) is 0.634. The summed E-state index contributed by atoms with van der Waals surface area (Å²) < 4.78 is 56.6. The lowest BCUT2D eigenvalue weighted by atomic mass is 10.2. The number of sulfone groups is 1. The topological polar surface area (TPSA) is 72.5 Å². The molecule has 0 saturated heterocycles. The van der Waals surface area contributed by atoms with Gasteiger partial charge in [0.2, 0.25) is 9.84 Å². The van der Waals surface area contributed by atoms with Gasteiger partial charge in [-0.1, -0.05) is 12.1 Å². The highest BCUT2D eigenvalue weighted by Crippen LogP contribution is 2.25. The first-order valence-electron chi connectivity index (χ1n) is 7.49. The highest BCUT2D eigenvalue weighted by molar-refractivity contribution is 7.96. The van der Waals surface area contributed by atoms with E-state index in [2.05, 4.69) is 10.1 Å². The van der Waals surface area contributed by atoms with E-state index in [4.69, 9.17) is 0 Å². The molecule has 2 rings (SSSR count). The van der Waals surface area contributed by atoms with E-state index in [1.54, 1.807) is 26.0 Å². The number of aryl methyl sites for hydroxylation is 2. The molecule has 0 radical (unpaired) electrons. The van der Waals surface area contributed by atoms with Crippen LogP contribution in [0.25, 0.3) is 0 Å². The number of hydrogen-bond donors (Lipinski definition) is 1. The molecule has 0 aliphatic rings. The Kier molecular flexibility index (Phi) is 5.76. The van der Waals surface area contributed by atoms with Crippen LogP contribution in [-0.4, -0.2) is 21.5 Å². The van der Waals surface area contributed by atoms with Crippen molar-refractivity contribution in [2.24, 2.45) is 0 Å². The van der Waals surface area contributed by atoms with Crippen LogP contribution in [0.5, 0.6) is 0 Å². The molecule has 0 atom stereocenters. The Hall–Kier alpha value is -2.74. The van der Waals surface area contributed by atoms with E-state index < -0.39 is 32.3 Å². The minimum Gasteiger partial charge on any atom is -0.465 e. The number of carbonyl (C=O) groups is 1. The number of benzene rings is 2. The summed E-state index contributed by atoms with van der Waals surface area (Å²) in [6.07, 6.45) is 0.898. The smallest absolute Gasteiger partial charge is 0.351 e. The lowest BCUT2D eigenvalue weighted by Gasteiger charge is -2.11. The van der Waals surface area contributed by atoms with Gasteiger partial charge in [-0.2, -0.15) is 0 Å². The monoisotopic (exact) mass is 381 g/mol. The molecule has 0 amide bonds. The predicted octanol–water partition coefficient (Wildman–Crippen LogP) is 3.48. The number of anilines is 1. The van der Waals surface area contributed by atoms with Crippen LogP contribution in [0.3, 0.4) is 0 Å². The summed E-state index contributed by atoms with van der Waals surface area (Å²) in [6.45, 7) is 3.32. The average molecular weight is 381 g/mol. The maximum absolute atomic E-state index is 13.3. The molecule has 0 fully saturated rings. The zero-order valence-electron chi connectivity index (χ0n) is 14.3. The fourth-order valence-electron chi connectivity index (χ4n) is 2.20. The molecule has 0 saturated carbocycles. The van der Waals surface area contributed by atoms with Gasteiger partial charge in [0, 0.05) is 18.0 Å². The van der Waals surface area contributed by atoms with Crippen molar-refractivity contribution in [2.75, 3.05) is 12.4 Å². The number of ether oxygens (including phenoxy) is 1. The molecule has 0 aliphatic heterocycles. The van der Waals surface area contributed by atoms with Crippen LogP contribution in [0.2, 0.25) is 0 Å². The van der Waals surface area contributed by atoms with Crippen molar-refractivity contribution in [1.29, 1.82) is 0 Å². The zero-order valence-corrected chi connectivity index (χ0v) is 15.2. The van der Waals surface area contributed by atoms with Crippen molar-refractivity contribution >= 4 is 21.5 Å². The molecule has 0 unspecified atom stereocenters. The third-order valence-corrected chi connectivity index (χ3v) is 5.48. The number of nitrogens with one attached hydrogen (secondary N) is 1. The summed E-state index contributed by atoms with van der Waals surface area (Å²) in [7, 11) is -3.15. The van der Waals surface area contributed by atoms with Crippen LogP contribution >= 0.6 is 0 Å². The lowest BCUT2D eigenvalue weighted by molar-refractivity contribution is -0.135. The number of methoxy groups -OCH3 is 1. The lowest BCUT2D eigenvalue weighted by Crippen LogP contribution is -2.18. The van der Waals surface area contributed by atoms with Gasteiger partial charge in [0.25, 0.3) is 0 Å². The molecular weight excluding hydrogens is 364 g/mol. The van der Waals surface area contributed by atoms with Gasteiger partial charge < -0.3 is 10.1 Å². The molecule has 1 N–H and O–H groups in total. The zero-order chi connectivity index (χ0) is 19.5. The van der Waals surface area contributed by atoms with E-state index in [0.717, 1.165) is 25.4 Å². The predicted molar refractivity (Wildman–Crippen MR) is 93.2 cm³/mol. The van der Waals surface area contributed by atoms with Crippen molar-refractivity contribution in [3.63, 3.8) is 0 Å². The van der Waals surface area contributed by atoms with Crippen LogP contribution in [-0.2, 0) is 19.4 Å². The minimum absolute atomic E-state index is 0.0405. The van der Waals surface area contributed by atoms with Crippen molar-refractivity contribution in [2.45, 2.75) is 18.7 Å². The Morgan fingerprint density at radius 3 is 2.38 bits per heavy atom. The van der Waals surface area contributed by atoms with Crippen LogP contribution in [0.4, 0.5) is 14.5 Å². The second-order valence-electron chi connectivity index (χ2n) is 5.55. The Balaban J connectivity index is 2.51. The van der Waals surface area contributed by atoms with Crippen LogP contribution < -0.4 is 5.32 Å². The summed E-state index contributed by atoms with van der Waals surface area (Å²) in [5.41, 5.74) is 1.23. The molecule has 2 aromatic carbocycles. The summed E-state index contributed by atoms with van der Waals surface area (Å²) in [5, 5.41) is 2.49. The van der Waals surface area contributed by atoms with Gasteiger partial charge in [0.1, 0.15) is 0 Å². The molecule has 0 aromatic heterocycles. The van der Waals surface area contributed by atoms with Crippen molar-refractivity contribution < 1.29 is 26.7 Å². The van der Waals surface area contributed by atoms with Crippen molar-refractivity contribution in [3.05, 3.63) is 70.3 Å². The van der Waals surface area contributed by atoms with Gasteiger partial charge in [0.05, 0.1) is 12.0 Å². The number of halogens is 2. The Bertz CT molecular complexity index is 985. The van der Waals surface area contributed by atoms with E-state index in [0.29, 0.717) is 11.1 Å². The van der Waals surface area contributed by atoms with Gasteiger partial charge in [-0.05, 0) is 43.2 Å². The first-order valence-corrected chi connectivity index (χ1v) is 8.97. The maximum Gasteiger partial charge on any atom is 0.351 e. The molecule has 138 valence electrons. The van der Waals surface area contributed by atoms with Crippen LogP contribution in [0, 0.1) is 25.5 Å². The fourth-order valence-corrected chi connectivity index (χ4v) is 3.78. The highest BCUT2D eigenvalue weighted by atomic mass is 32.2. The largest absolute Gasteiger partial charge is 0.465 e. The Morgan fingerprint density at radius 1 is 1.08 bits per heavy atom. The summed E-state index contributed by atoms with van der Waals surface area (Å²) in [5.74, 6) is -3.24. The van der Waals surface area contributed by atoms with E-state index in [9.17, 15) is 22.0 Å². The van der Waals surface area contributed by atoms with E-state index >= 15 is 0 Å². The summed E-state index contributed by atoms with van der Waals surface area (Å²) >= 11 is 0. The van der Waals surface area contributed by atoms with E-state index in [1.165, 1.54) is 12.1 Å². The molecule has 2 aromatic rings. The number of hydrogen-bond acceptors (Lipinski definition) is 5. The number of rotatable bonds is 5. The van der Waals surface area contributed by atoms with Gasteiger partial charge in [0.15, 0.2) is 16.5 Å². The van der Waals surface area contributed by atoms with Gasteiger partial charge >= 0.3 is 5.97 Å². The molecule has 0 heterocycles. The van der Waals surface area contributed by atoms with E-state index in [1.807, 2.05) is 0 Å². The number of esters is 1. The molecule has 0 bridgehead atoms. The second kappa shape index (κ2) is 7.65. The SMILES string of the molecule is COC(=O)C(=CNc1ccc(F)c(F)c1)S(=O)(=O)c1cc(C)ccc1C.